The molecule has 2 aromatic heterocycles. The normalized spacial score (nSPS) is 17.0. The van der Waals surface area contributed by atoms with Crippen molar-refractivity contribution in [2.75, 3.05) is 5.32 Å². The van der Waals surface area contributed by atoms with Crippen LogP contribution in [0.4, 0.5) is 10.5 Å². The van der Waals surface area contributed by atoms with Crippen molar-refractivity contribution in [3.05, 3.63) is 93.3 Å². The maximum atomic E-state index is 13.6. The molecule has 4 aromatic rings. The highest BCUT2D eigenvalue weighted by atomic mass is 127. The molecule has 0 spiro atoms. The Morgan fingerprint density at radius 3 is 2.64 bits per heavy atom. The van der Waals surface area contributed by atoms with E-state index in [0.29, 0.717) is 29.2 Å². The van der Waals surface area contributed by atoms with Gasteiger partial charge >= 0.3 is 18.1 Å². The fraction of sp³-hybridized carbons (Fsp3) is 0.250. The van der Waals surface area contributed by atoms with Crippen LogP contribution in [-0.2, 0) is 54.0 Å². The van der Waals surface area contributed by atoms with Crippen molar-refractivity contribution in [2.24, 2.45) is 0 Å². The molecule has 0 fully saturated rings. The van der Waals surface area contributed by atoms with Gasteiger partial charge in [0.25, 0.3) is 5.56 Å². The molecule has 13 heteroatoms. The van der Waals surface area contributed by atoms with Crippen LogP contribution in [0.15, 0.2) is 65.5 Å². The Balaban J connectivity index is 1.15. The summed E-state index contributed by atoms with van der Waals surface area (Å²) in [7, 11) is 0. The number of aromatic nitrogens is 2. The molecule has 0 radical (unpaired) electrons. The zero-order valence-electron chi connectivity index (χ0n) is 23.9. The van der Waals surface area contributed by atoms with Gasteiger partial charge in [-0.05, 0) is 49.2 Å². The second-order valence-electron chi connectivity index (χ2n) is 10.8. The standard InChI is InChI=1S/C32H26IN3O9/c1-32(45-31(42)44-15-17-6-8-20(9-7-17)34-26(37)11-10-23(33)29(39)40)22-13-25-27-19(12-18-4-2-3-5-24(18)35-27)14-36(25)28(38)21(22)16-43-30(32)41/h2-9,12-13,23H,10-11,14-16H2,1H3,(H,34,37)(H,39,40). The number of carboxylic acid groups (broad SMARTS) is 1. The monoisotopic (exact) mass is 723 g/mol. The Morgan fingerprint density at radius 1 is 1.13 bits per heavy atom. The molecule has 0 aliphatic carbocycles. The first-order valence-corrected chi connectivity index (χ1v) is 15.2. The van der Waals surface area contributed by atoms with Gasteiger partial charge in [-0.15, -0.1) is 0 Å². The van der Waals surface area contributed by atoms with Crippen LogP contribution >= 0.6 is 22.6 Å². The quantitative estimate of drug-likeness (QED) is 0.131. The lowest BCUT2D eigenvalue weighted by molar-refractivity contribution is -0.172. The van der Waals surface area contributed by atoms with Gasteiger partial charge in [-0.2, -0.15) is 0 Å². The molecular formula is C32H26IN3O9. The fourth-order valence-corrected chi connectivity index (χ4v) is 5.70. The third-order valence-electron chi connectivity index (χ3n) is 7.80. The van der Waals surface area contributed by atoms with E-state index in [0.717, 1.165) is 16.5 Å². The van der Waals surface area contributed by atoms with Crippen molar-refractivity contribution >= 4 is 63.2 Å². The van der Waals surface area contributed by atoms with E-state index in [1.165, 1.54) is 6.92 Å². The molecule has 2 atom stereocenters. The number of benzene rings is 2. The Bertz CT molecular complexity index is 1940. The lowest BCUT2D eigenvalue weighted by Gasteiger charge is -2.32. The Hall–Kier alpha value is -4.79. The average Bonchev–Trinajstić information content (AvgIpc) is 3.38. The molecule has 2 aliphatic heterocycles. The smallest absolute Gasteiger partial charge is 0.480 e. The summed E-state index contributed by atoms with van der Waals surface area (Å²) in [6, 6.07) is 17.7. The summed E-state index contributed by atoms with van der Waals surface area (Å²) in [6.45, 7) is 1.22. The molecule has 4 heterocycles. The number of aliphatic carboxylic acids is 1. The van der Waals surface area contributed by atoms with Gasteiger partial charge in [0.15, 0.2) is 0 Å². The number of carbonyl (C=O) groups is 4. The van der Waals surface area contributed by atoms with E-state index in [-0.39, 0.29) is 48.6 Å². The zero-order chi connectivity index (χ0) is 31.9. The van der Waals surface area contributed by atoms with Crippen LogP contribution in [0.3, 0.4) is 0 Å². The lowest BCUT2D eigenvalue weighted by Crippen LogP contribution is -2.45. The number of nitrogens with one attached hydrogen (secondary N) is 1. The van der Waals surface area contributed by atoms with Gasteiger partial charge in [0.2, 0.25) is 11.5 Å². The maximum absolute atomic E-state index is 13.6. The molecule has 2 N–H and O–H groups in total. The number of amides is 1. The van der Waals surface area contributed by atoms with E-state index >= 15 is 0 Å². The number of nitrogens with zero attached hydrogens (tertiary/aromatic N) is 2. The van der Waals surface area contributed by atoms with Gasteiger partial charge in [-0.25, -0.2) is 14.6 Å². The number of carbonyl (C=O) groups excluding carboxylic acids is 3. The first kappa shape index (κ1) is 30.2. The van der Waals surface area contributed by atoms with Gasteiger partial charge < -0.3 is 29.2 Å². The third-order valence-corrected chi connectivity index (χ3v) is 8.96. The molecule has 6 rings (SSSR count). The number of pyridine rings is 2. The van der Waals surface area contributed by atoms with Crippen molar-refractivity contribution < 1.29 is 38.5 Å². The molecule has 2 aromatic carbocycles. The fourth-order valence-electron chi connectivity index (χ4n) is 5.39. The Labute approximate surface area is 269 Å². The number of rotatable bonds is 8. The van der Waals surface area contributed by atoms with Crippen molar-refractivity contribution in [1.82, 2.24) is 9.55 Å². The van der Waals surface area contributed by atoms with Crippen molar-refractivity contribution in [3.8, 4) is 11.4 Å². The second-order valence-corrected chi connectivity index (χ2v) is 12.3. The molecule has 12 nitrogen and oxygen atoms in total. The van der Waals surface area contributed by atoms with Crippen molar-refractivity contribution in [1.29, 1.82) is 0 Å². The molecule has 2 unspecified atom stereocenters. The second kappa shape index (κ2) is 12.0. The van der Waals surface area contributed by atoms with E-state index in [1.807, 2.05) is 30.3 Å². The summed E-state index contributed by atoms with van der Waals surface area (Å²) < 4.78 is 17.0. The predicted octanol–water partition coefficient (Wildman–Crippen LogP) is 4.66. The van der Waals surface area contributed by atoms with Crippen LogP contribution in [0.25, 0.3) is 22.3 Å². The number of halogens is 1. The molecular weight excluding hydrogens is 697 g/mol. The summed E-state index contributed by atoms with van der Waals surface area (Å²) in [4.78, 5) is 67.2. The van der Waals surface area contributed by atoms with E-state index in [9.17, 15) is 24.0 Å². The summed E-state index contributed by atoms with van der Waals surface area (Å²) >= 11 is 1.77. The number of cyclic esters (lactones) is 1. The lowest BCUT2D eigenvalue weighted by atomic mass is 9.89. The zero-order valence-corrected chi connectivity index (χ0v) is 26.0. The number of anilines is 1. The number of carboxylic acids is 1. The Morgan fingerprint density at radius 2 is 1.89 bits per heavy atom. The SMILES string of the molecule is CC1(OC(=O)OCc2ccc(NC(=O)CCC(I)C(=O)O)cc2)C(=O)OCc2c1cc1n(c2=O)Cc2cc3ccccc3nc2-1. The number of fused-ring (bicyclic) bond motifs is 5. The number of ether oxygens (including phenoxy) is 3. The van der Waals surface area contributed by atoms with Gasteiger partial charge in [0, 0.05) is 28.6 Å². The molecule has 0 bridgehead atoms. The van der Waals surface area contributed by atoms with Crippen LogP contribution in [0, 0.1) is 0 Å². The summed E-state index contributed by atoms with van der Waals surface area (Å²) in [5.74, 6) is -2.13. The van der Waals surface area contributed by atoms with E-state index in [2.05, 4.69) is 5.32 Å². The third kappa shape index (κ3) is 5.87. The van der Waals surface area contributed by atoms with Crippen molar-refractivity contribution in [2.45, 2.75) is 49.0 Å². The minimum Gasteiger partial charge on any atom is -0.480 e. The topological polar surface area (TPSA) is 163 Å². The van der Waals surface area contributed by atoms with Crippen LogP contribution in [0.2, 0.25) is 0 Å². The minimum atomic E-state index is -1.94. The van der Waals surface area contributed by atoms with Crippen molar-refractivity contribution in [3.63, 3.8) is 0 Å². The molecule has 1 amide bonds. The largest absolute Gasteiger partial charge is 0.510 e. The number of alkyl halides is 1. The van der Waals surface area contributed by atoms with E-state index in [4.69, 9.17) is 24.3 Å². The van der Waals surface area contributed by atoms with E-state index < -0.39 is 27.6 Å². The number of hydrogen-bond donors (Lipinski definition) is 2. The minimum absolute atomic E-state index is 0.0518. The summed E-state index contributed by atoms with van der Waals surface area (Å²) in [5.41, 5.74) is 1.95. The molecule has 0 saturated heterocycles. The van der Waals surface area contributed by atoms with Crippen LogP contribution < -0.4 is 10.9 Å². The molecule has 2 aliphatic rings. The molecule has 230 valence electrons. The highest BCUT2D eigenvalue weighted by Crippen LogP contribution is 2.39. The first-order chi connectivity index (χ1) is 21.5. The molecule has 45 heavy (non-hydrogen) atoms. The van der Waals surface area contributed by atoms with Gasteiger partial charge in [-0.3, -0.25) is 14.4 Å². The highest BCUT2D eigenvalue weighted by molar-refractivity contribution is 14.1. The van der Waals surface area contributed by atoms with E-state index in [1.54, 1.807) is 57.5 Å². The predicted molar refractivity (Wildman–Crippen MR) is 169 cm³/mol. The number of esters is 1. The van der Waals surface area contributed by atoms with Gasteiger partial charge in [-0.1, -0.05) is 52.9 Å². The van der Waals surface area contributed by atoms with Crippen LogP contribution in [0.5, 0.6) is 0 Å². The number of hydrogen-bond acceptors (Lipinski definition) is 9. The molecule has 0 saturated carbocycles. The van der Waals surface area contributed by atoms with Gasteiger partial charge in [0.05, 0.1) is 29.0 Å². The number of para-hydroxylation sites is 1. The maximum Gasteiger partial charge on any atom is 0.510 e. The van der Waals surface area contributed by atoms with Crippen LogP contribution in [-0.4, -0.2) is 42.6 Å². The highest BCUT2D eigenvalue weighted by Gasteiger charge is 2.48. The Kier molecular flexibility index (Phi) is 8.03. The average molecular weight is 723 g/mol. The van der Waals surface area contributed by atoms with Gasteiger partial charge in [0.1, 0.15) is 17.1 Å². The van der Waals surface area contributed by atoms with Crippen LogP contribution in [0.1, 0.15) is 42.0 Å². The first-order valence-electron chi connectivity index (χ1n) is 14.0. The summed E-state index contributed by atoms with van der Waals surface area (Å²) in [5, 5.41) is 12.6. The summed E-state index contributed by atoms with van der Waals surface area (Å²) in [6.07, 6.45) is -0.890.